The molecule has 6 heteroatoms. The largest absolute Gasteiger partial charge is 0.461 e. The highest BCUT2D eigenvalue weighted by Gasteiger charge is 2.18. The fraction of sp³-hybridized carbons (Fsp3) is 0.333. The summed E-state index contributed by atoms with van der Waals surface area (Å²) in [4.78, 5) is 19.0. The number of ether oxygens (including phenoxy) is 1. The van der Waals surface area contributed by atoms with Gasteiger partial charge in [0.15, 0.2) is 10.8 Å². The van der Waals surface area contributed by atoms with Crippen LogP contribution in [-0.4, -0.2) is 24.6 Å². The molecule has 0 unspecified atom stereocenters. The van der Waals surface area contributed by atoms with E-state index in [0.29, 0.717) is 23.9 Å². The summed E-state index contributed by atoms with van der Waals surface area (Å²) in [5, 5.41) is 1.50. The number of carbonyl (C=O) groups excluding carboxylic acids is 1. The van der Waals surface area contributed by atoms with E-state index in [9.17, 15) is 4.79 Å². The van der Waals surface area contributed by atoms with Gasteiger partial charge in [-0.05, 0) is 31.5 Å². The Morgan fingerprint density at radius 1 is 1.48 bits per heavy atom. The average molecular weight is 325 g/mol. The lowest BCUT2D eigenvalue weighted by Gasteiger charge is -2.15. The molecule has 0 N–H and O–H groups in total. The minimum absolute atomic E-state index is 0.351. The number of halogens is 1. The molecular formula is C15H17ClN2O2S. The van der Waals surface area contributed by atoms with Crippen LogP contribution < -0.4 is 4.90 Å². The Hall–Kier alpha value is -1.59. The van der Waals surface area contributed by atoms with E-state index in [2.05, 4.69) is 4.98 Å². The monoisotopic (exact) mass is 324 g/mol. The zero-order valence-electron chi connectivity index (χ0n) is 12.2. The molecule has 0 spiro atoms. The zero-order chi connectivity index (χ0) is 15.4. The third-order valence-electron chi connectivity index (χ3n) is 2.89. The summed E-state index contributed by atoms with van der Waals surface area (Å²) in [6, 6.07) is 7.69. The second-order valence-electron chi connectivity index (χ2n) is 4.61. The number of aromatic nitrogens is 1. The second-order valence-corrected chi connectivity index (χ2v) is 6.23. The van der Waals surface area contributed by atoms with Crippen LogP contribution in [0.25, 0.3) is 0 Å². The highest BCUT2D eigenvalue weighted by Crippen LogP contribution is 2.26. The summed E-state index contributed by atoms with van der Waals surface area (Å²) < 4.78 is 5.01. The third-order valence-corrected chi connectivity index (χ3v) is 4.21. The topological polar surface area (TPSA) is 42.4 Å². The lowest BCUT2D eigenvalue weighted by molar-refractivity contribution is 0.0519. The average Bonchev–Trinajstić information content (AvgIpc) is 2.81. The first-order chi connectivity index (χ1) is 10.0. The molecule has 112 valence electrons. The van der Waals surface area contributed by atoms with Crippen molar-refractivity contribution < 1.29 is 9.53 Å². The molecule has 1 heterocycles. The highest BCUT2D eigenvalue weighted by molar-refractivity contribution is 7.15. The van der Waals surface area contributed by atoms with Gasteiger partial charge in [0.25, 0.3) is 0 Å². The SMILES string of the molecule is CCOC(=O)c1nc(N(C)Cc2cccc(Cl)c2)sc1C. The molecule has 2 aromatic rings. The van der Waals surface area contributed by atoms with Gasteiger partial charge in [0.05, 0.1) is 6.61 Å². The maximum Gasteiger partial charge on any atom is 0.358 e. The predicted molar refractivity (Wildman–Crippen MR) is 86.4 cm³/mol. The van der Waals surface area contributed by atoms with Crippen LogP contribution in [0.5, 0.6) is 0 Å². The molecule has 0 aliphatic rings. The Bertz CT molecular complexity index is 642. The van der Waals surface area contributed by atoms with E-state index in [-0.39, 0.29) is 5.97 Å². The minimum atomic E-state index is -0.367. The number of nitrogens with zero attached hydrogens (tertiary/aromatic N) is 2. The van der Waals surface area contributed by atoms with Gasteiger partial charge in [-0.2, -0.15) is 0 Å². The number of carbonyl (C=O) groups is 1. The van der Waals surface area contributed by atoms with Crippen LogP contribution in [0.15, 0.2) is 24.3 Å². The van der Waals surface area contributed by atoms with Gasteiger partial charge >= 0.3 is 5.97 Å². The quantitative estimate of drug-likeness (QED) is 0.782. The van der Waals surface area contributed by atoms with E-state index in [0.717, 1.165) is 15.6 Å². The Morgan fingerprint density at radius 2 is 2.24 bits per heavy atom. The van der Waals surface area contributed by atoms with Crippen molar-refractivity contribution >= 4 is 34.0 Å². The molecule has 0 saturated carbocycles. The van der Waals surface area contributed by atoms with Crippen LogP contribution in [0.4, 0.5) is 5.13 Å². The van der Waals surface area contributed by atoms with Crippen LogP contribution in [0, 0.1) is 6.92 Å². The highest BCUT2D eigenvalue weighted by atomic mass is 35.5. The van der Waals surface area contributed by atoms with Gasteiger partial charge in [0.1, 0.15) is 0 Å². The number of benzene rings is 1. The number of rotatable bonds is 5. The molecule has 0 radical (unpaired) electrons. The number of aryl methyl sites for hydroxylation is 1. The van der Waals surface area contributed by atoms with E-state index in [1.807, 2.05) is 43.1 Å². The maximum atomic E-state index is 11.8. The van der Waals surface area contributed by atoms with Gasteiger partial charge in [-0.3, -0.25) is 0 Å². The third kappa shape index (κ3) is 3.95. The van der Waals surface area contributed by atoms with E-state index >= 15 is 0 Å². The maximum absolute atomic E-state index is 11.8. The molecular weight excluding hydrogens is 308 g/mol. The van der Waals surface area contributed by atoms with Gasteiger partial charge < -0.3 is 9.64 Å². The number of esters is 1. The summed E-state index contributed by atoms with van der Waals surface area (Å²) in [6.45, 7) is 4.69. The Kier molecular flexibility index (Phi) is 5.20. The van der Waals surface area contributed by atoms with Crippen molar-refractivity contribution in [1.29, 1.82) is 0 Å². The van der Waals surface area contributed by atoms with Crippen molar-refractivity contribution in [3.63, 3.8) is 0 Å². The smallest absolute Gasteiger partial charge is 0.358 e. The molecule has 1 aromatic carbocycles. The van der Waals surface area contributed by atoms with Crippen molar-refractivity contribution in [2.75, 3.05) is 18.6 Å². The normalized spacial score (nSPS) is 10.5. The van der Waals surface area contributed by atoms with Crippen LogP contribution in [0.1, 0.15) is 27.9 Å². The van der Waals surface area contributed by atoms with Crippen LogP contribution in [0.3, 0.4) is 0 Å². The summed E-state index contributed by atoms with van der Waals surface area (Å²) in [7, 11) is 1.94. The molecule has 0 atom stereocenters. The van der Waals surface area contributed by atoms with E-state index in [1.54, 1.807) is 6.92 Å². The fourth-order valence-corrected chi connectivity index (χ4v) is 2.98. The summed E-state index contributed by atoms with van der Waals surface area (Å²) >= 11 is 7.47. The van der Waals surface area contributed by atoms with E-state index in [4.69, 9.17) is 16.3 Å². The van der Waals surface area contributed by atoms with E-state index < -0.39 is 0 Å². The Balaban J connectivity index is 2.14. The standard InChI is InChI=1S/C15H17ClN2O2S/c1-4-20-14(19)13-10(2)21-15(17-13)18(3)9-11-6-5-7-12(16)8-11/h5-8H,4,9H2,1-3H3. The number of anilines is 1. The van der Waals surface area contributed by atoms with Gasteiger partial charge in [-0.1, -0.05) is 23.7 Å². The van der Waals surface area contributed by atoms with Crippen molar-refractivity contribution in [2.45, 2.75) is 20.4 Å². The predicted octanol–water partition coefficient (Wildman–Crippen LogP) is 3.92. The van der Waals surface area contributed by atoms with Gasteiger partial charge in [0.2, 0.25) is 0 Å². The molecule has 0 aliphatic carbocycles. The minimum Gasteiger partial charge on any atom is -0.461 e. The molecule has 0 saturated heterocycles. The Labute approximate surface area is 133 Å². The van der Waals surface area contributed by atoms with Crippen molar-refractivity contribution in [2.24, 2.45) is 0 Å². The molecule has 0 fully saturated rings. The molecule has 0 amide bonds. The molecule has 4 nitrogen and oxygen atoms in total. The molecule has 0 bridgehead atoms. The first kappa shape index (κ1) is 15.8. The van der Waals surface area contributed by atoms with Crippen molar-refractivity contribution in [1.82, 2.24) is 4.98 Å². The van der Waals surface area contributed by atoms with Gasteiger partial charge in [-0.25, -0.2) is 9.78 Å². The second kappa shape index (κ2) is 6.91. The number of hydrogen-bond donors (Lipinski definition) is 0. The molecule has 2 rings (SSSR count). The lowest BCUT2D eigenvalue weighted by Crippen LogP contribution is -2.16. The molecule has 0 aliphatic heterocycles. The zero-order valence-corrected chi connectivity index (χ0v) is 13.8. The van der Waals surface area contributed by atoms with Crippen LogP contribution >= 0.6 is 22.9 Å². The fourth-order valence-electron chi connectivity index (χ4n) is 1.91. The first-order valence-corrected chi connectivity index (χ1v) is 7.80. The van der Waals surface area contributed by atoms with Crippen LogP contribution in [0.2, 0.25) is 5.02 Å². The van der Waals surface area contributed by atoms with Crippen molar-refractivity contribution in [3.8, 4) is 0 Å². The van der Waals surface area contributed by atoms with E-state index in [1.165, 1.54) is 11.3 Å². The Morgan fingerprint density at radius 3 is 2.90 bits per heavy atom. The molecule has 21 heavy (non-hydrogen) atoms. The lowest BCUT2D eigenvalue weighted by atomic mass is 10.2. The molecule has 1 aromatic heterocycles. The van der Waals surface area contributed by atoms with Gasteiger partial charge in [0, 0.05) is 23.5 Å². The summed E-state index contributed by atoms with van der Waals surface area (Å²) in [5.41, 5.74) is 1.49. The number of hydrogen-bond acceptors (Lipinski definition) is 5. The summed E-state index contributed by atoms with van der Waals surface area (Å²) in [5.74, 6) is -0.367. The van der Waals surface area contributed by atoms with Gasteiger partial charge in [-0.15, -0.1) is 11.3 Å². The summed E-state index contributed by atoms with van der Waals surface area (Å²) in [6.07, 6.45) is 0. The number of thiazole rings is 1. The first-order valence-electron chi connectivity index (χ1n) is 6.61. The van der Waals surface area contributed by atoms with Crippen molar-refractivity contribution in [3.05, 3.63) is 45.4 Å². The van der Waals surface area contributed by atoms with Crippen LogP contribution in [-0.2, 0) is 11.3 Å².